The van der Waals surface area contributed by atoms with Crippen LogP contribution in [0.4, 0.5) is 13.2 Å². The number of alkyl halides is 3. The van der Waals surface area contributed by atoms with Gasteiger partial charge in [0.25, 0.3) is 0 Å². The van der Waals surface area contributed by atoms with Crippen LogP contribution in [0.25, 0.3) is 0 Å². The van der Waals surface area contributed by atoms with Crippen LogP contribution in [0.3, 0.4) is 0 Å². The lowest BCUT2D eigenvalue weighted by atomic mass is 10.1. The number of allylic oxidation sites excluding steroid dienone is 2. The van der Waals surface area contributed by atoms with Gasteiger partial charge in [0.15, 0.2) is 0 Å². The molecule has 0 spiro atoms. The van der Waals surface area contributed by atoms with E-state index in [1.165, 1.54) is 6.08 Å². The third kappa shape index (κ3) is 7.59. The van der Waals surface area contributed by atoms with Crippen molar-refractivity contribution < 1.29 is 17.9 Å². The van der Waals surface area contributed by atoms with Gasteiger partial charge in [-0.2, -0.15) is 0 Å². The summed E-state index contributed by atoms with van der Waals surface area (Å²) in [7, 11) is 0. The highest BCUT2D eigenvalue weighted by Crippen LogP contribution is 2.18. The minimum Gasteiger partial charge on any atom is -0.291 e. The Labute approximate surface area is 75.9 Å². The van der Waals surface area contributed by atoms with Crippen molar-refractivity contribution in [3.05, 3.63) is 24.8 Å². The summed E-state index contributed by atoms with van der Waals surface area (Å²) in [6.07, 6.45) is 0.874. The zero-order valence-corrected chi connectivity index (χ0v) is 7.47. The maximum atomic E-state index is 11.6. The second kappa shape index (κ2) is 5.80. The molecule has 1 unspecified atom stereocenters. The van der Waals surface area contributed by atoms with Gasteiger partial charge in [-0.05, 0) is 6.42 Å². The molecule has 0 aromatic carbocycles. The molecule has 1 nitrogen and oxygen atoms in total. The van der Waals surface area contributed by atoms with Crippen molar-refractivity contribution in [2.45, 2.75) is 19.7 Å². The summed E-state index contributed by atoms with van der Waals surface area (Å²) in [6, 6.07) is 0. The second-order valence-electron chi connectivity index (χ2n) is 2.55. The fourth-order valence-electron chi connectivity index (χ4n) is 0.747. The van der Waals surface area contributed by atoms with Crippen LogP contribution >= 0.6 is 0 Å². The monoisotopic (exact) mass is 194 g/mol. The van der Waals surface area contributed by atoms with E-state index in [-0.39, 0.29) is 12.5 Å². The van der Waals surface area contributed by atoms with Crippen molar-refractivity contribution in [2.24, 2.45) is 5.92 Å². The minimum absolute atomic E-state index is 0.209. The van der Waals surface area contributed by atoms with E-state index in [1.54, 1.807) is 19.1 Å². The molecule has 0 amide bonds. The molecule has 0 aromatic heterocycles. The molecule has 0 bridgehead atoms. The predicted molar refractivity (Wildman–Crippen MR) is 45.1 cm³/mol. The van der Waals surface area contributed by atoms with Crippen LogP contribution < -0.4 is 0 Å². The molecule has 0 radical (unpaired) electrons. The van der Waals surface area contributed by atoms with Crippen LogP contribution in [0, 0.1) is 5.92 Å². The van der Waals surface area contributed by atoms with Crippen molar-refractivity contribution in [3.8, 4) is 0 Å². The maximum absolute atomic E-state index is 11.6. The summed E-state index contributed by atoms with van der Waals surface area (Å²) in [5.74, 6) is -0.209. The molecule has 0 N–H and O–H groups in total. The van der Waals surface area contributed by atoms with Gasteiger partial charge in [-0.3, -0.25) is 4.74 Å². The molecule has 0 saturated heterocycles. The molecule has 0 fully saturated rings. The van der Waals surface area contributed by atoms with Gasteiger partial charge < -0.3 is 0 Å². The summed E-state index contributed by atoms with van der Waals surface area (Å²) >= 11 is 0. The van der Waals surface area contributed by atoms with E-state index in [1.807, 2.05) is 0 Å². The molecule has 0 saturated carbocycles. The summed E-state index contributed by atoms with van der Waals surface area (Å²) in [6.45, 7) is 4.90. The van der Waals surface area contributed by atoms with E-state index in [0.29, 0.717) is 6.42 Å². The van der Waals surface area contributed by atoms with Gasteiger partial charge >= 0.3 is 6.36 Å². The van der Waals surface area contributed by atoms with Crippen LogP contribution in [-0.2, 0) is 4.74 Å². The van der Waals surface area contributed by atoms with Gasteiger partial charge in [0.2, 0.25) is 0 Å². The molecule has 1 atom stereocenters. The van der Waals surface area contributed by atoms with Crippen molar-refractivity contribution >= 4 is 0 Å². The van der Waals surface area contributed by atoms with E-state index in [2.05, 4.69) is 11.3 Å². The van der Waals surface area contributed by atoms with E-state index < -0.39 is 6.36 Å². The van der Waals surface area contributed by atoms with Crippen LogP contribution in [0.5, 0.6) is 0 Å². The predicted octanol–water partition coefficient (Wildman–Crippen LogP) is 3.29. The first-order valence-corrected chi connectivity index (χ1v) is 3.99. The first-order chi connectivity index (χ1) is 5.99. The lowest BCUT2D eigenvalue weighted by molar-refractivity contribution is -0.327. The normalized spacial score (nSPS) is 14.8. The average molecular weight is 194 g/mol. The summed E-state index contributed by atoms with van der Waals surface area (Å²) < 4.78 is 38.5. The number of hydrogen-bond donors (Lipinski definition) is 0. The third-order valence-corrected chi connectivity index (χ3v) is 1.50. The van der Waals surface area contributed by atoms with E-state index in [0.717, 1.165) is 0 Å². The van der Waals surface area contributed by atoms with Gasteiger partial charge in [-0.15, -0.1) is 13.2 Å². The van der Waals surface area contributed by atoms with Crippen molar-refractivity contribution in [1.82, 2.24) is 0 Å². The summed E-state index contributed by atoms with van der Waals surface area (Å²) in [5.41, 5.74) is 0. The summed E-state index contributed by atoms with van der Waals surface area (Å²) in [5, 5.41) is 0. The van der Waals surface area contributed by atoms with E-state index in [4.69, 9.17) is 0 Å². The molecule has 0 aliphatic carbocycles. The lowest BCUT2D eigenvalue weighted by Gasteiger charge is -2.12. The fourth-order valence-corrected chi connectivity index (χ4v) is 0.747. The lowest BCUT2D eigenvalue weighted by Crippen LogP contribution is -2.18. The van der Waals surface area contributed by atoms with Gasteiger partial charge in [0, 0.05) is 5.92 Å². The zero-order valence-electron chi connectivity index (χ0n) is 7.47. The number of halogens is 3. The molecule has 4 heteroatoms. The highest BCUT2D eigenvalue weighted by atomic mass is 19.4. The molecular weight excluding hydrogens is 181 g/mol. The van der Waals surface area contributed by atoms with Crippen molar-refractivity contribution in [1.29, 1.82) is 0 Å². The third-order valence-electron chi connectivity index (χ3n) is 1.50. The minimum atomic E-state index is -4.53. The van der Waals surface area contributed by atoms with Crippen LogP contribution in [0.2, 0.25) is 0 Å². The van der Waals surface area contributed by atoms with Crippen LogP contribution in [0.15, 0.2) is 24.8 Å². The number of hydrogen-bond acceptors (Lipinski definition) is 1. The largest absolute Gasteiger partial charge is 0.522 e. The summed E-state index contributed by atoms with van der Waals surface area (Å²) in [4.78, 5) is 0. The Morgan fingerprint density at radius 2 is 2.08 bits per heavy atom. The quantitative estimate of drug-likeness (QED) is 0.610. The number of rotatable bonds is 5. The Balaban J connectivity index is 3.85. The first-order valence-electron chi connectivity index (χ1n) is 3.99. The van der Waals surface area contributed by atoms with Gasteiger partial charge in [-0.1, -0.05) is 31.7 Å². The highest BCUT2D eigenvalue weighted by Gasteiger charge is 2.29. The smallest absolute Gasteiger partial charge is 0.291 e. The van der Waals surface area contributed by atoms with E-state index in [9.17, 15) is 13.2 Å². The molecule has 0 heterocycles. The van der Waals surface area contributed by atoms with Crippen molar-refractivity contribution in [3.63, 3.8) is 0 Å². The fraction of sp³-hybridized carbons (Fsp3) is 0.556. The molecule has 0 aliphatic heterocycles. The Hall–Kier alpha value is -0.770. The molecule has 0 aromatic rings. The van der Waals surface area contributed by atoms with Gasteiger partial charge in [0.05, 0.1) is 6.61 Å². The zero-order chi connectivity index (χ0) is 10.3. The molecule has 0 aliphatic rings. The standard InChI is InChI=1S/C9H13F3O/c1-3-5-6-8(4-2)7-13-9(10,11)12/h3,5-6,8H,1,4,7H2,2H3. The first kappa shape index (κ1) is 12.2. The van der Waals surface area contributed by atoms with Crippen LogP contribution in [-0.4, -0.2) is 13.0 Å². The van der Waals surface area contributed by atoms with Gasteiger partial charge in [0.1, 0.15) is 0 Å². The Kier molecular flexibility index (Phi) is 5.46. The molecule has 13 heavy (non-hydrogen) atoms. The van der Waals surface area contributed by atoms with Gasteiger partial charge in [-0.25, -0.2) is 0 Å². The average Bonchev–Trinajstić information content (AvgIpc) is 2.03. The Morgan fingerprint density at radius 1 is 1.46 bits per heavy atom. The molecule has 76 valence electrons. The molecule has 0 rings (SSSR count). The topological polar surface area (TPSA) is 9.23 Å². The highest BCUT2D eigenvalue weighted by molar-refractivity contribution is 4.99. The second-order valence-corrected chi connectivity index (χ2v) is 2.55. The number of ether oxygens (including phenoxy) is 1. The van der Waals surface area contributed by atoms with Crippen LogP contribution in [0.1, 0.15) is 13.3 Å². The Morgan fingerprint density at radius 3 is 2.46 bits per heavy atom. The maximum Gasteiger partial charge on any atom is 0.522 e. The molecular formula is C9H13F3O. The SMILES string of the molecule is C=CC=CC(CC)COC(F)(F)F. The van der Waals surface area contributed by atoms with Crippen molar-refractivity contribution in [2.75, 3.05) is 6.61 Å². The van der Waals surface area contributed by atoms with E-state index >= 15 is 0 Å². The Bertz CT molecular complexity index is 172.